The van der Waals surface area contributed by atoms with E-state index in [1.54, 1.807) is 0 Å². The molecule has 0 bridgehead atoms. The van der Waals surface area contributed by atoms with Crippen molar-refractivity contribution < 1.29 is 0 Å². The number of aryl methyl sites for hydroxylation is 6. The van der Waals surface area contributed by atoms with Gasteiger partial charge in [0.05, 0.1) is 0 Å². The number of hydrogen-bond acceptors (Lipinski definition) is 3. The first kappa shape index (κ1) is 19.5. The van der Waals surface area contributed by atoms with Gasteiger partial charge in [-0.15, -0.1) is 0 Å². The largest absolute Gasteiger partial charge is 0.264 e. The normalized spacial score (nSPS) is 9.25. The molecule has 3 heterocycles. The van der Waals surface area contributed by atoms with Crippen molar-refractivity contribution in [2.24, 2.45) is 0 Å². The van der Waals surface area contributed by atoms with Gasteiger partial charge in [0.1, 0.15) is 0 Å². The molecule has 3 nitrogen and oxygen atoms in total. The van der Waals surface area contributed by atoms with Crippen LogP contribution in [0.5, 0.6) is 0 Å². The van der Waals surface area contributed by atoms with Crippen LogP contribution < -0.4 is 0 Å². The molecular formula is C21H27N3. The minimum atomic E-state index is 1.09. The summed E-state index contributed by atoms with van der Waals surface area (Å²) in [4.78, 5) is 12.2. The predicted molar refractivity (Wildman–Crippen MR) is 101 cm³/mol. The lowest BCUT2D eigenvalue weighted by molar-refractivity contribution is 1.12. The van der Waals surface area contributed by atoms with E-state index in [4.69, 9.17) is 0 Å². The van der Waals surface area contributed by atoms with Gasteiger partial charge in [0.25, 0.3) is 0 Å². The second-order valence-electron chi connectivity index (χ2n) is 5.93. The van der Waals surface area contributed by atoms with Gasteiger partial charge >= 0.3 is 0 Å². The van der Waals surface area contributed by atoms with Crippen molar-refractivity contribution in [3.05, 3.63) is 88.8 Å². The smallest absolute Gasteiger partial charge is 0.0375 e. The zero-order valence-corrected chi connectivity index (χ0v) is 15.5. The average Bonchev–Trinajstić information content (AvgIpc) is 2.47. The summed E-state index contributed by atoms with van der Waals surface area (Å²) in [6, 6.07) is 12.2. The van der Waals surface area contributed by atoms with Crippen molar-refractivity contribution in [2.75, 3.05) is 0 Å². The van der Waals surface area contributed by atoms with Gasteiger partial charge in [0.15, 0.2) is 0 Å². The lowest BCUT2D eigenvalue weighted by Gasteiger charge is -1.90. The highest BCUT2D eigenvalue weighted by Crippen LogP contribution is 1.97. The summed E-state index contributed by atoms with van der Waals surface area (Å²) in [5, 5.41) is 0. The van der Waals surface area contributed by atoms with Crippen LogP contribution in [0.15, 0.2) is 55.0 Å². The fraction of sp³-hybridized carbons (Fsp3) is 0.286. The number of pyridine rings is 3. The zero-order chi connectivity index (χ0) is 17.9. The molecule has 0 N–H and O–H groups in total. The van der Waals surface area contributed by atoms with E-state index in [-0.39, 0.29) is 0 Å². The summed E-state index contributed by atoms with van der Waals surface area (Å²) in [5.41, 5.74) is 6.99. The number of hydrogen-bond donors (Lipinski definition) is 0. The lowest BCUT2D eigenvalue weighted by Crippen LogP contribution is -1.81. The third-order valence-corrected chi connectivity index (χ3v) is 3.09. The van der Waals surface area contributed by atoms with Crippen molar-refractivity contribution in [1.82, 2.24) is 15.0 Å². The first-order valence-electron chi connectivity index (χ1n) is 8.04. The van der Waals surface area contributed by atoms with Crippen LogP contribution in [-0.4, -0.2) is 15.0 Å². The first-order chi connectivity index (χ1) is 11.4. The lowest BCUT2D eigenvalue weighted by atomic mass is 10.2. The van der Waals surface area contributed by atoms with Crippen LogP contribution in [0.2, 0.25) is 0 Å². The van der Waals surface area contributed by atoms with E-state index in [2.05, 4.69) is 34.0 Å². The monoisotopic (exact) mass is 321 g/mol. The van der Waals surface area contributed by atoms with Gasteiger partial charge in [-0.25, -0.2) is 0 Å². The van der Waals surface area contributed by atoms with Crippen LogP contribution in [0.25, 0.3) is 0 Å². The maximum atomic E-state index is 4.17. The third kappa shape index (κ3) is 8.79. The summed E-state index contributed by atoms with van der Waals surface area (Å²) in [5.74, 6) is 0. The quantitative estimate of drug-likeness (QED) is 0.578. The molecule has 0 aliphatic carbocycles. The Hall–Kier alpha value is -2.55. The molecule has 0 amide bonds. The van der Waals surface area contributed by atoms with Gasteiger partial charge in [-0.1, -0.05) is 12.1 Å². The van der Waals surface area contributed by atoms with Gasteiger partial charge in [-0.3, -0.25) is 15.0 Å². The second-order valence-corrected chi connectivity index (χ2v) is 5.93. The first-order valence-corrected chi connectivity index (χ1v) is 8.04. The Bertz CT molecular complexity index is 596. The minimum Gasteiger partial charge on any atom is -0.264 e. The average molecular weight is 321 g/mol. The van der Waals surface area contributed by atoms with Gasteiger partial charge in [0, 0.05) is 35.7 Å². The molecule has 126 valence electrons. The molecule has 0 saturated carbocycles. The van der Waals surface area contributed by atoms with Crippen LogP contribution in [0.3, 0.4) is 0 Å². The molecule has 0 aliphatic heterocycles. The summed E-state index contributed by atoms with van der Waals surface area (Å²) >= 11 is 0. The van der Waals surface area contributed by atoms with Gasteiger partial charge in [-0.05, 0) is 82.5 Å². The second kappa shape index (κ2) is 10.3. The van der Waals surface area contributed by atoms with Crippen molar-refractivity contribution in [1.29, 1.82) is 0 Å². The Labute approximate surface area is 145 Å². The molecule has 0 aliphatic rings. The van der Waals surface area contributed by atoms with Gasteiger partial charge < -0.3 is 0 Å². The van der Waals surface area contributed by atoms with Gasteiger partial charge in [0.2, 0.25) is 0 Å². The Morgan fingerprint density at radius 1 is 0.625 bits per heavy atom. The fourth-order valence-electron chi connectivity index (χ4n) is 2.07. The van der Waals surface area contributed by atoms with Crippen LogP contribution >= 0.6 is 0 Å². The van der Waals surface area contributed by atoms with E-state index >= 15 is 0 Å². The van der Waals surface area contributed by atoms with E-state index in [1.165, 1.54) is 16.7 Å². The Morgan fingerprint density at radius 2 is 1.21 bits per heavy atom. The van der Waals surface area contributed by atoms with Crippen LogP contribution in [0, 0.1) is 41.5 Å². The van der Waals surface area contributed by atoms with E-state index in [1.807, 2.05) is 77.5 Å². The molecule has 0 unspecified atom stereocenters. The highest BCUT2D eigenvalue weighted by molar-refractivity contribution is 5.14. The summed E-state index contributed by atoms with van der Waals surface area (Å²) in [7, 11) is 0. The highest BCUT2D eigenvalue weighted by atomic mass is 14.7. The molecule has 0 radical (unpaired) electrons. The SMILES string of the molecule is Cc1cccc(C)n1.Cc1ccnc(C)c1.Cc1cncc(C)c1. The van der Waals surface area contributed by atoms with Crippen molar-refractivity contribution in [3.63, 3.8) is 0 Å². The van der Waals surface area contributed by atoms with Crippen molar-refractivity contribution >= 4 is 0 Å². The Morgan fingerprint density at radius 3 is 1.50 bits per heavy atom. The summed E-state index contributed by atoms with van der Waals surface area (Å²) in [6.45, 7) is 12.1. The Balaban J connectivity index is 0.000000180. The molecule has 0 saturated heterocycles. The fourth-order valence-corrected chi connectivity index (χ4v) is 2.07. The minimum absolute atomic E-state index is 1.09. The Kier molecular flexibility index (Phi) is 8.34. The third-order valence-electron chi connectivity index (χ3n) is 3.09. The van der Waals surface area contributed by atoms with Crippen molar-refractivity contribution in [3.8, 4) is 0 Å². The molecular weight excluding hydrogens is 294 g/mol. The van der Waals surface area contributed by atoms with E-state index in [0.29, 0.717) is 0 Å². The van der Waals surface area contributed by atoms with E-state index in [9.17, 15) is 0 Å². The number of nitrogens with zero attached hydrogens (tertiary/aromatic N) is 3. The highest BCUT2D eigenvalue weighted by Gasteiger charge is 1.83. The van der Waals surface area contributed by atoms with E-state index < -0.39 is 0 Å². The van der Waals surface area contributed by atoms with Gasteiger partial charge in [-0.2, -0.15) is 0 Å². The van der Waals surface area contributed by atoms with Crippen LogP contribution in [0.4, 0.5) is 0 Å². The molecule has 3 aromatic heterocycles. The standard InChI is InChI=1S/3C7H9N/c1-6-3-7(2)5-8-4-6;1-6-3-4-8-7(2)5-6;1-6-4-3-5-7(2)8-6/h3*3-5H,1-2H3. The molecule has 0 aromatic carbocycles. The summed E-state index contributed by atoms with van der Waals surface area (Å²) < 4.78 is 0. The molecule has 0 spiro atoms. The molecule has 3 heteroatoms. The molecule has 0 atom stereocenters. The maximum Gasteiger partial charge on any atom is 0.0375 e. The summed E-state index contributed by atoms with van der Waals surface area (Å²) in [6.07, 6.45) is 5.53. The van der Waals surface area contributed by atoms with Crippen molar-refractivity contribution in [2.45, 2.75) is 41.5 Å². The molecule has 3 rings (SSSR count). The maximum absolute atomic E-state index is 4.17. The van der Waals surface area contributed by atoms with Crippen LogP contribution in [0.1, 0.15) is 33.8 Å². The zero-order valence-electron chi connectivity index (χ0n) is 15.5. The molecule has 24 heavy (non-hydrogen) atoms. The predicted octanol–water partition coefficient (Wildman–Crippen LogP) is 5.10. The number of aromatic nitrogens is 3. The molecule has 3 aromatic rings. The topological polar surface area (TPSA) is 38.7 Å². The van der Waals surface area contributed by atoms with E-state index in [0.717, 1.165) is 17.1 Å². The molecule has 0 fully saturated rings. The number of rotatable bonds is 0. The van der Waals surface area contributed by atoms with Crippen LogP contribution in [-0.2, 0) is 0 Å².